The maximum atomic E-state index is 12.1. The maximum absolute atomic E-state index is 12.1. The van der Waals surface area contributed by atoms with E-state index in [0.717, 1.165) is 65.0 Å². The van der Waals surface area contributed by atoms with Crippen LogP contribution < -0.4 is 5.32 Å². The van der Waals surface area contributed by atoms with Crippen molar-refractivity contribution in [2.24, 2.45) is 5.92 Å². The summed E-state index contributed by atoms with van der Waals surface area (Å²) in [7, 11) is 0. The van der Waals surface area contributed by atoms with Gasteiger partial charge in [0.05, 0.1) is 12.0 Å². The standard InChI is InChI=1S/C16H29N3O2/c1-2-3-12-21-13-6-9-18-16(20)15-7-4-10-19(14-15)11-5-8-17/h15H,2-7,9-14H2,1H3,(H,18,20). The van der Waals surface area contributed by atoms with Crippen LogP contribution in [0.1, 0.15) is 45.4 Å². The number of unbranched alkanes of at least 4 members (excludes halogenated alkanes) is 1. The van der Waals surface area contributed by atoms with E-state index in [1.54, 1.807) is 0 Å². The highest BCUT2D eigenvalue weighted by molar-refractivity contribution is 5.78. The van der Waals surface area contributed by atoms with Gasteiger partial charge in [0, 0.05) is 39.3 Å². The molecule has 1 unspecified atom stereocenters. The minimum Gasteiger partial charge on any atom is -0.381 e. The lowest BCUT2D eigenvalue weighted by molar-refractivity contribution is -0.126. The van der Waals surface area contributed by atoms with Gasteiger partial charge in [-0.05, 0) is 32.2 Å². The zero-order valence-corrected chi connectivity index (χ0v) is 13.3. The van der Waals surface area contributed by atoms with Crippen molar-refractivity contribution in [3.63, 3.8) is 0 Å². The Morgan fingerprint density at radius 1 is 1.43 bits per heavy atom. The number of amides is 1. The minimum absolute atomic E-state index is 0.0819. The Balaban J connectivity index is 2.09. The van der Waals surface area contributed by atoms with Crippen LogP contribution in [0.15, 0.2) is 0 Å². The van der Waals surface area contributed by atoms with Crippen LogP contribution in [0, 0.1) is 17.2 Å². The van der Waals surface area contributed by atoms with Gasteiger partial charge < -0.3 is 15.0 Å². The molecular weight excluding hydrogens is 266 g/mol. The molecule has 21 heavy (non-hydrogen) atoms. The zero-order valence-electron chi connectivity index (χ0n) is 13.3. The maximum Gasteiger partial charge on any atom is 0.224 e. The van der Waals surface area contributed by atoms with Gasteiger partial charge in [-0.3, -0.25) is 4.79 Å². The van der Waals surface area contributed by atoms with Gasteiger partial charge in [0.25, 0.3) is 0 Å². The summed E-state index contributed by atoms with van der Waals surface area (Å²) < 4.78 is 5.47. The molecule has 1 aliphatic heterocycles. The molecule has 1 amide bonds. The normalized spacial score (nSPS) is 19.1. The van der Waals surface area contributed by atoms with Gasteiger partial charge in [0.2, 0.25) is 5.91 Å². The van der Waals surface area contributed by atoms with Gasteiger partial charge in [-0.25, -0.2) is 0 Å². The third-order valence-electron chi connectivity index (χ3n) is 3.82. The fourth-order valence-electron chi connectivity index (χ4n) is 2.56. The molecule has 5 nitrogen and oxygen atoms in total. The van der Waals surface area contributed by atoms with E-state index in [4.69, 9.17) is 10.00 Å². The monoisotopic (exact) mass is 295 g/mol. The van der Waals surface area contributed by atoms with Crippen molar-refractivity contribution in [3.05, 3.63) is 0 Å². The fourth-order valence-corrected chi connectivity index (χ4v) is 2.56. The first-order valence-electron chi connectivity index (χ1n) is 8.22. The second kappa shape index (κ2) is 11.5. The average molecular weight is 295 g/mol. The quantitative estimate of drug-likeness (QED) is 0.626. The Kier molecular flexibility index (Phi) is 9.84. The van der Waals surface area contributed by atoms with Crippen molar-refractivity contribution in [2.45, 2.75) is 45.4 Å². The van der Waals surface area contributed by atoms with E-state index < -0.39 is 0 Å². The molecule has 0 aliphatic carbocycles. The van der Waals surface area contributed by atoms with E-state index >= 15 is 0 Å². The molecule has 1 aliphatic rings. The van der Waals surface area contributed by atoms with Gasteiger partial charge in [-0.1, -0.05) is 13.3 Å². The Morgan fingerprint density at radius 3 is 3.00 bits per heavy atom. The van der Waals surface area contributed by atoms with Crippen LogP contribution in [0.2, 0.25) is 0 Å². The van der Waals surface area contributed by atoms with E-state index in [9.17, 15) is 4.79 Å². The molecule has 1 atom stereocenters. The van der Waals surface area contributed by atoms with Crippen molar-refractivity contribution in [1.82, 2.24) is 10.2 Å². The van der Waals surface area contributed by atoms with Crippen LogP contribution >= 0.6 is 0 Å². The van der Waals surface area contributed by atoms with Crippen LogP contribution in [0.25, 0.3) is 0 Å². The van der Waals surface area contributed by atoms with E-state index in [1.807, 2.05) is 0 Å². The highest BCUT2D eigenvalue weighted by atomic mass is 16.5. The summed E-state index contributed by atoms with van der Waals surface area (Å²) in [5.74, 6) is 0.240. The fraction of sp³-hybridized carbons (Fsp3) is 0.875. The molecule has 0 aromatic rings. The number of nitriles is 1. The Morgan fingerprint density at radius 2 is 2.24 bits per heavy atom. The predicted molar refractivity (Wildman–Crippen MR) is 82.7 cm³/mol. The molecular formula is C16H29N3O2. The van der Waals surface area contributed by atoms with Crippen LogP contribution in [0.3, 0.4) is 0 Å². The summed E-state index contributed by atoms with van der Waals surface area (Å²) in [5.41, 5.74) is 0. The van der Waals surface area contributed by atoms with Crippen LogP contribution in [-0.4, -0.2) is 50.2 Å². The number of piperidine rings is 1. The van der Waals surface area contributed by atoms with Crippen molar-refractivity contribution in [2.75, 3.05) is 39.4 Å². The first-order valence-corrected chi connectivity index (χ1v) is 8.22. The van der Waals surface area contributed by atoms with Crippen molar-refractivity contribution >= 4 is 5.91 Å². The molecule has 1 rings (SSSR count). The minimum atomic E-state index is 0.0819. The molecule has 1 saturated heterocycles. The summed E-state index contributed by atoms with van der Waals surface area (Å²) in [6, 6.07) is 2.17. The summed E-state index contributed by atoms with van der Waals surface area (Å²) in [5, 5.41) is 11.6. The van der Waals surface area contributed by atoms with E-state index in [1.165, 1.54) is 0 Å². The molecule has 1 heterocycles. The summed E-state index contributed by atoms with van der Waals surface area (Å²) in [6.07, 6.45) is 5.68. The smallest absolute Gasteiger partial charge is 0.224 e. The van der Waals surface area contributed by atoms with E-state index in [2.05, 4.69) is 23.2 Å². The second-order valence-electron chi connectivity index (χ2n) is 5.66. The molecule has 0 aromatic heterocycles. The Bertz CT molecular complexity index is 328. The largest absolute Gasteiger partial charge is 0.381 e. The summed E-state index contributed by atoms with van der Waals surface area (Å²) >= 11 is 0. The van der Waals surface area contributed by atoms with Crippen molar-refractivity contribution < 1.29 is 9.53 Å². The molecule has 120 valence electrons. The number of nitrogens with zero attached hydrogens (tertiary/aromatic N) is 2. The number of ether oxygens (including phenoxy) is 1. The summed E-state index contributed by atoms with van der Waals surface area (Å²) in [4.78, 5) is 14.3. The van der Waals surface area contributed by atoms with Crippen LogP contribution in [0.4, 0.5) is 0 Å². The third kappa shape index (κ3) is 8.03. The van der Waals surface area contributed by atoms with E-state index in [-0.39, 0.29) is 11.8 Å². The average Bonchev–Trinajstić information content (AvgIpc) is 2.52. The highest BCUT2D eigenvalue weighted by Crippen LogP contribution is 2.16. The highest BCUT2D eigenvalue weighted by Gasteiger charge is 2.24. The molecule has 5 heteroatoms. The molecule has 0 saturated carbocycles. The molecule has 0 spiro atoms. The molecule has 0 bridgehead atoms. The van der Waals surface area contributed by atoms with E-state index in [0.29, 0.717) is 13.0 Å². The summed E-state index contributed by atoms with van der Waals surface area (Å²) in [6.45, 7) is 6.97. The van der Waals surface area contributed by atoms with Gasteiger partial charge in [-0.2, -0.15) is 5.26 Å². The van der Waals surface area contributed by atoms with Gasteiger partial charge in [0.15, 0.2) is 0 Å². The van der Waals surface area contributed by atoms with Crippen LogP contribution in [0.5, 0.6) is 0 Å². The van der Waals surface area contributed by atoms with Crippen molar-refractivity contribution in [1.29, 1.82) is 5.26 Å². The number of rotatable bonds is 10. The predicted octanol–water partition coefficient (Wildman–Crippen LogP) is 1.94. The lowest BCUT2D eigenvalue weighted by Crippen LogP contribution is -2.43. The third-order valence-corrected chi connectivity index (χ3v) is 3.82. The SMILES string of the molecule is CCCCOCCCNC(=O)C1CCCN(CCC#N)C1. The number of hydrogen-bond donors (Lipinski definition) is 1. The van der Waals surface area contributed by atoms with Crippen molar-refractivity contribution in [3.8, 4) is 6.07 Å². The molecule has 1 fully saturated rings. The van der Waals surface area contributed by atoms with Gasteiger partial charge >= 0.3 is 0 Å². The number of likely N-dealkylation sites (tertiary alicyclic amines) is 1. The Hall–Kier alpha value is -1.12. The van der Waals surface area contributed by atoms with Gasteiger partial charge in [-0.15, -0.1) is 0 Å². The van der Waals surface area contributed by atoms with Crippen LogP contribution in [-0.2, 0) is 9.53 Å². The molecule has 0 aromatic carbocycles. The number of hydrogen-bond acceptors (Lipinski definition) is 4. The first kappa shape index (κ1) is 17.9. The molecule has 0 radical (unpaired) electrons. The number of carbonyl (C=O) groups is 1. The lowest BCUT2D eigenvalue weighted by atomic mass is 9.97. The van der Waals surface area contributed by atoms with Gasteiger partial charge in [0.1, 0.15) is 0 Å². The number of carbonyl (C=O) groups excluding carboxylic acids is 1. The number of nitrogens with one attached hydrogen (secondary N) is 1. The molecule has 1 N–H and O–H groups in total. The first-order chi connectivity index (χ1) is 10.3. The zero-order chi connectivity index (χ0) is 15.3. The lowest BCUT2D eigenvalue weighted by Gasteiger charge is -2.31. The topological polar surface area (TPSA) is 65.4 Å². The Labute approximate surface area is 128 Å². The second-order valence-corrected chi connectivity index (χ2v) is 5.66.